The summed E-state index contributed by atoms with van der Waals surface area (Å²) < 4.78 is 5.42. The largest absolute Gasteiger partial charge is 0.356 e. The molecule has 4 nitrogen and oxygen atoms in total. The number of carbonyl (C=O) groups is 1. The Hall–Kier alpha value is -2.59. The van der Waals surface area contributed by atoms with Crippen LogP contribution < -0.4 is 5.32 Å². The van der Waals surface area contributed by atoms with Crippen LogP contribution in [0.1, 0.15) is 30.1 Å². The highest BCUT2D eigenvalue weighted by Crippen LogP contribution is 2.27. The van der Waals surface area contributed by atoms with Crippen molar-refractivity contribution in [3.63, 3.8) is 0 Å². The van der Waals surface area contributed by atoms with Crippen molar-refractivity contribution in [3.05, 3.63) is 65.2 Å². The van der Waals surface area contributed by atoms with Gasteiger partial charge in [0.05, 0.1) is 0 Å². The number of halogens is 1. The molecule has 3 aromatic rings. The van der Waals surface area contributed by atoms with Gasteiger partial charge in [-0.1, -0.05) is 42.2 Å². The van der Waals surface area contributed by atoms with Crippen molar-refractivity contribution in [3.8, 4) is 22.6 Å². The molecule has 0 unspecified atom stereocenters. The minimum atomic E-state index is -0.0537. The first-order valence-electron chi connectivity index (χ1n) is 8.28. The lowest BCUT2D eigenvalue weighted by atomic mass is 10.1. The number of carbonyl (C=O) groups excluding carboxylic acids is 1. The quantitative estimate of drug-likeness (QED) is 0.619. The zero-order valence-corrected chi connectivity index (χ0v) is 14.7. The monoisotopic (exact) mass is 354 g/mol. The van der Waals surface area contributed by atoms with Crippen molar-refractivity contribution in [2.45, 2.75) is 19.8 Å². The van der Waals surface area contributed by atoms with Crippen molar-refractivity contribution >= 4 is 17.5 Å². The maximum absolute atomic E-state index is 12.0. The first-order chi connectivity index (χ1) is 12.2. The third-order valence-electron chi connectivity index (χ3n) is 3.90. The number of unbranched alkanes of at least 4 members (excludes halogenated alkanes) is 1. The summed E-state index contributed by atoms with van der Waals surface area (Å²) in [7, 11) is 0. The van der Waals surface area contributed by atoms with E-state index in [1.807, 2.05) is 42.5 Å². The van der Waals surface area contributed by atoms with E-state index >= 15 is 0 Å². The van der Waals surface area contributed by atoms with Gasteiger partial charge in [-0.3, -0.25) is 4.79 Å². The third-order valence-corrected chi connectivity index (χ3v) is 4.15. The van der Waals surface area contributed by atoms with Gasteiger partial charge in [-0.2, -0.15) is 0 Å². The van der Waals surface area contributed by atoms with Gasteiger partial charge in [-0.25, -0.2) is 0 Å². The maximum Gasteiger partial charge on any atom is 0.251 e. The van der Waals surface area contributed by atoms with Gasteiger partial charge in [0.1, 0.15) is 5.69 Å². The van der Waals surface area contributed by atoms with Crippen molar-refractivity contribution in [2.24, 2.45) is 0 Å². The average molecular weight is 355 g/mol. The van der Waals surface area contributed by atoms with Crippen LogP contribution in [0.2, 0.25) is 5.02 Å². The smallest absolute Gasteiger partial charge is 0.251 e. The van der Waals surface area contributed by atoms with E-state index in [1.165, 1.54) is 0 Å². The van der Waals surface area contributed by atoms with Crippen LogP contribution in [0.5, 0.6) is 0 Å². The molecular weight excluding hydrogens is 336 g/mol. The van der Waals surface area contributed by atoms with E-state index in [9.17, 15) is 4.79 Å². The van der Waals surface area contributed by atoms with Crippen LogP contribution in [0.15, 0.2) is 59.1 Å². The molecule has 0 aliphatic heterocycles. The molecule has 0 atom stereocenters. The van der Waals surface area contributed by atoms with Crippen LogP contribution >= 0.6 is 11.6 Å². The molecule has 25 heavy (non-hydrogen) atoms. The Morgan fingerprint density at radius 1 is 1.08 bits per heavy atom. The summed E-state index contributed by atoms with van der Waals surface area (Å²) in [5.41, 5.74) is 3.17. The number of amides is 1. The molecule has 5 heteroatoms. The van der Waals surface area contributed by atoms with E-state index in [2.05, 4.69) is 17.4 Å². The molecule has 3 rings (SSSR count). The van der Waals surface area contributed by atoms with Gasteiger partial charge in [0, 0.05) is 34.3 Å². The Labute approximate surface area is 151 Å². The maximum atomic E-state index is 12.0. The number of rotatable bonds is 6. The lowest BCUT2D eigenvalue weighted by Gasteiger charge is -2.04. The first kappa shape index (κ1) is 17.2. The molecular formula is C20H19ClN2O2. The Morgan fingerprint density at radius 2 is 1.76 bits per heavy atom. The van der Waals surface area contributed by atoms with Gasteiger partial charge in [0.25, 0.3) is 5.91 Å². The topological polar surface area (TPSA) is 55.1 Å². The molecule has 0 aliphatic rings. The van der Waals surface area contributed by atoms with Crippen LogP contribution in [0.25, 0.3) is 22.6 Å². The van der Waals surface area contributed by atoms with E-state index in [1.54, 1.807) is 12.1 Å². The van der Waals surface area contributed by atoms with Crippen LogP contribution in [0, 0.1) is 0 Å². The van der Waals surface area contributed by atoms with Crippen LogP contribution in [0.4, 0.5) is 0 Å². The fraction of sp³-hybridized carbons (Fsp3) is 0.200. The number of nitrogens with zero attached hydrogens (tertiary/aromatic N) is 1. The summed E-state index contributed by atoms with van der Waals surface area (Å²) in [5, 5.41) is 7.69. The SMILES string of the molecule is CCCCNC(=O)c1ccc(-c2cc(-c3ccc(Cl)cc3)on2)cc1. The molecule has 1 N–H and O–H groups in total. The molecule has 1 heterocycles. The summed E-state index contributed by atoms with van der Waals surface area (Å²) in [4.78, 5) is 12.0. The second kappa shape index (κ2) is 7.99. The molecule has 128 valence electrons. The van der Waals surface area contributed by atoms with E-state index in [-0.39, 0.29) is 5.91 Å². The molecule has 0 saturated heterocycles. The summed E-state index contributed by atoms with van der Waals surface area (Å²) in [6, 6.07) is 16.6. The fourth-order valence-corrected chi connectivity index (χ4v) is 2.56. The lowest BCUT2D eigenvalue weighted by Crippen LogP contribution is -2.24. The lowest BCUT2D eigenvalue weighted by molar-refractivity contribution is 0.0953. The van der Waals surface area contributed by atoms with Crippen LogP contribution in [-0.2, 0) is 0 Å². The highest BCUT2D eigenvalue weighted by Gasteiger charge is 2.10. The van der Waals surface area contributed by atoms with Gasteiger partial charge in [0.15, 0.2) is 5.76 Å². The number of nitrogens with one attached hydrogen (secondary N) is 1. The zero-order valence-electron chi connectivity index (χ0n) is 14.0. The van der Waals surface area contributed by atoms with E-state index in [0.717, 1.165) is 29.7 Å². The predicted octanol–water partition coefficient (Wildman–Crippen LogP) is 5.19. The third kappa shape index (κ3) is 4.28. The predicted molar refractivity (Wildman–Crippen MR) is 99.6 cm³/mol. The molecule has 0 radical (unpaired) electrons. The van der Waals surface area contributed by atoms with Gasteiger partial charge in [0.2, 0.25) is 0 Å². The summed E-state index contributed by atoms with van der Waals surface area (Å²) >= 11 is 5.90. The van der Waals surface area contributed by atoms with Crippen molar-refractivity contribution in [1.29, 1.82) is 0 Å². The average Bonchev–Trinajstić information content (AvgIpc) is 3.13. The van der Waals surface area contributed by atoms with Crippen LogP contribution in [0.3, 0.4) is 0 Å². The van der Waals surface area contributed by atoms with Crippen molar-refractivity contribution < 1.29 is 9.32 Å². The highest BCUT2D eigenvalue weighted by molar-refractivity contribution is 6.30. The van der Waals surface area contributed by atoms with Gasteiger partial charge < -0.3 is 9.84 Å². The molecule has 0 aliphatic carbocycles. The normalized spacial score (nSPS) is 10.6. The minimum absolute atomic E-state index is 0.0537. The second-order valence-electron chi connectivity index (χ2n) is 5.77. The van der Waals surface area contributed by atoms with E-state index < -0.39 is 0 Å². The molecule has 1 amide bonds. The zero-order chi connectivity index (χ0) is 17.6. The first-order valence-corrected chi connectivity index (χ1v) is 8.66. The molecule has 0 saturated carbocycles. The molecule has 0 fully saturated rings. The molecule has 0 bridgehead atoms. The van der Waals surface area contributed by atoms with E-state index in [0.29, 0.717) is 22.9 Å². The number of hydrogen-bond donors (Lipinski definition) is 1. The summed E-state index contributed by atoms with van der Waals surface area (Å²) in [6.07, 6.45) is 2.04. The number of benzene rings is 2. The Bertz CT molecular complexity index is 839. The Balaban J connectivity index is 1.72. The summed E-state index contributed by atoms with van der Waals surface area (Å²) in [6.45, 7) is 2.79. The minimum Gasteiger partial charge on any atom is -0.356 e. The fourth-order valence-electron chi connectivity index (χ4n) is 2.43. The van der Waals surface area contributed by atoms with Crippen molar-refractivity contribution in [1.82, 2.24) is 10.5 Å². The standard InChI is InChI=1S/C20H19ClN2O2/c1-2-3-12-22-20(24)16-6-4-14(5-7-16)18-13-19(25-23-18)15-8-10-17(21)11-9-15/h4-11,13H,2-3,12H2,1H3,(H,22,24). The van der Waals surface area contributed by atoms with Gasteiger partial charge in [-0.05, 0) is 42.8 Å². The number of aromatic nitrogens is 1. The molecule has 2 aromatic carbocycles. The molecule has 0 spiro atoms. The van der Waals surface area contributed by atoms with Crippen molar-refractivity contribution in [2.75, 3.05) is 6.54 Å². The highest BCUT2D eigenvalue weighted by atomic mass is 35.5. The summed E-state index contributed by atoms with van der Waals surface area (Å²) in [5.74, 6) is 0.620. The van der Waals surface area contributed by atoms with Gasteiger partial charge in [-0.15, -0.1) is 0 Å². The van der Waals surface area contributed by atoms with Gasteiger partial charge >= 0.3 is 0 Å². The number of hydrogen-bond acceptors (Lipinski definition) is 3. The van der Waals surface area contributed by atoms with Crippen LogP contribution in [-0.4, -0.2) is 17.6 Å². The second-order valence-corrected chi connectivity index (χ2v) is 6.21. The Kier molecular flexibility index (Phi) is 5.51. The Morgan fingerprint density at radius 3 is 2.44 bits per heavy atom. The molecule has 1 aromatic heterocycles. The van der Waals surface area contributed by atoms with E-state index in [4.69, 9.17) is 16.1 Å².